The van der Waals surface area contributed by atoms with Crippen molar-refractivity contribution in [1.82, 2.24) is 9.97 Å². The van der Waals surface area contributed by atoms with E-state index in [2.05, 4.69) is 15.3 Å². The third-order valence-electron chi connectivity index (χ3n) is 1.40. The van der Waals surface area contributed by atoms with Crippen LogP contribution in [0.5, 0.6) is 6.01 Å². The van der Waals surface area contributed by atoms with Crippen molar-refractivity contribution in [3.63, 3.8) is 0 Å². The second-order valence-corrected chi connectivity index (χ2v) is 2.53. The zero-order chi connectivity index (χ0) is 10.4. The summed E-state index contributed by atoms with van der Waals surface area (Å²) in [7, 11) is 0. The summed E-state index contributed by atoms with van der Waals surface area (Å²) in [5.41, 5.74) is 0. The Balaban J connectivity index is 2.72. The van der Waals surface area contributed by atoms with Gasteiger partial charge in [-0.05, 0) is 6.42 Å². The van der Waals surface area contributed by atoms with Crippen molar-refractivity contribution < 1.29 is 14.2 Å². The molecule has 0 unspecified atom stereocenters. The Kier molecular flexibility index (Phi) is 4.06. The topological polar surface area (TPSA) is 67.3 Å². The molecule has 0 radical (unpaired) electrons. The van der Waals surface area contributed by atoms with E-state index in [9.17, 15) is 4.39 Å². The highest BCUT2D eigenvalue weighted by molar-refractivity contribution is 5.35. The molecule has 0 aliphatic carbocycles. The van der Waals surface area contributed by atoms with E-state index in [0.717, 1.165) is 12.6 Å². The number of ether oxygens (including phenoxy) is 1. The van der Waals surface area contributed by atoms with Crippen LogP contribution in [0.15, 0.2) is 6.20 Å². The summed E-state index contributed by atoms with van der Waals surface area (Å²) >= 11 is 0. The smallest absolute Gasteiger partial charge is 0.318 e. The molecule has 0 saturated heterocycles. The standard InChI is InChI=1S/C8H12FN3O2/c1-2-3-14-8-10-4-6(9)7(12-8)11-5-13/h4,13H,2-3,5H2,1H3,(H,10,11,12). The van der Waals surface area contributed by atoms with Crippen LogP contribution in [0.1, 0.15) is 13.3 Å². The lowest BCUT2D eigenvalue weighted by Crippen LogP contribution is -2.07. The number of hydrogen-bond donors (Lipinski definition) is 2. The zero-order valence-electron chi connectivity index (χ0n) is 7.83. The lowest BCUT2D eigenvalue weighted by Gasteiger charge is -2.05. The summed E-state index contributed by atoms with van der Waals surface area (Å²) in [4.78, 5) is 7.35. The van der Waals surface area contributed by atoms with Gasteiger partial charge in [0, 0.05) is 0 Å². The molecule has 0 spiro atoms. The minimum atomic E-state index is -0.622. The fourth-order valence-corrected chi connectivity index (χ4v) is 0.813. The van der Waals surface area contributed by atoms with E-state index in [1.165, 1.54) is 0 Å². The number of aliphatic hydroxyl groups excluding tert-OH is 1. The molecular weight excluding hydrogens is 189 g/mol. The van der Waals surface area contributed by atoms with Gasteiger partial charge in [-0.1, -0.05) is 6.92 Å². The van der Waals surface area contributed by atoms with Gasteiger partial charge in [0.05, 0.1) is 12.8 Å². The largest absolute Gasteiger partial charge is 0.463 e. The highest BCUT2D eigenvalue weighted by atomic mass is 19.1. The highest BCUT2D eigenvalue weighted by Gasteiger charge is 2.06. The number of rotatable bonds is 5. The molecule has 2 N–H and O–H groups in total. The van der Waals surface area contributed by atoms with Crippen molar-refractivity contribution in [3.05, 3.63) is 12.0 Å². The molecule has 1 heterocycles. The van der Waals surface area contributed by atoms with Crippen molar-refractivity contribution in [1.29, 1.82) is 0 Å². The number of aliphatic hydroxyl groups is 1. The quantitative estimate of drug-likeness (QED) is 0.688. The second-order valence-electron chi connectivity index (χ2n) is 2.53. The van der Waals surface area contributed by atoms with E-state index < -0.39 is 5.82 Å². The van der Waals surface area contributed by atoms with Crippen molar-refractivity contribution in [2.24, 2.45) is 0 Å². The van der Waals surface area contributed by atoms with Crippen LogP contribution in [-0.4, -0.2) is 28.4 Å². The third-order valence-corrected chi connectivity index (χ3v) is 1.40. The van der Waals surface area contributed by atoms with Gasteiger partial charge in [0.2, 0.25) is 0 Å². The lowest BCUT2D eigenvalue weighted by molar-refractivity contribution is 0.290. The maximum atomic E-state index is 12.9. The van der Waals surface area contributed by atoms with Crippen molar-refractivity contribution in [2.45, 2.75) is 13.3 Å². The summed E-state index contributed by atoms with van der Waals surface area (Å²) in [6, 6.07) is 0.101. The first-order valence-electron chi connectivity index (χ1n) is 4.28. The summed E-state index contributed by atoms with van der Waals surface area (Å²) in [6.07, 6.45) is 1.82. The fraction of sp³-hybridized carbons (Fsp3) is 0.500. The molecule has 1 rings (SSSR count). The molecule has 1 aromatic rings. The van der Waals surface area contributed by atoms with E-state index in [1.807, 2.05) is 6.92 Å². The Labute approximate surface area is 81.0 Å². The predicted octanol–water partition coefficient (Wildman–Crippen LogP) is 0.766. The molecule has 0 fully saturated rings. The Hall–Kier alpha value is -1.43. The van der Waals surface area contributed by atoms with Gasteiger partial charge in [-0.25, -0.2) is 9.37 Å². The highest BCUT2D eigenvalue weighted by Crippen LogP contribution is 2.12. The van der Waals surface area contributed by atoms with Crippen molar-refractivity contribution in [2.75, 3.05) is 18.7 Å². The third kappa shape index (κ3) is 2.81. The first kappa shape index (κ1) is 10.6. The minimum absolute atomic E-state index is 0.0615. The Morgan fingerprint density at radius 2 is 2.43 bits per heavy atom. The second kappa shape index (κ2) is 5.33. The number of hydrogen-bond acceptors (Lipinski definition) is 5. The van der Waals surface area contributed by atoms with Gasteiger partial charge in [-0.3, -0.25) is 0 Å². The molecule has 6 heteroatoms. The number of nitrogens with zero attached hydrogens (tertiary/aromatic N) is 2. The molecule has 0 amide bonds. The maximum Gasteiger partial charge on any atom is 0.318 e. The van der Waals surface area contributed by atoms with Gasteiger partial charge < -0.3 is 15.2 Å². The molecule has 0 atom stereocenters. The van der Waals surface area contributed by atoms with E-state index in [4.69, 9.17) is 9.84 Å². The van der Waals surface area contributed by atoms with E-state index >= 15 is 0 Å². The molecule has 0 aliphatic heterocycles. The Bertz CT molecular complexity index is 296. The maximum absolute atomic E-state index is 12.9. The normalized spacial score (nSPS) is 9.93. The Morgan fingerprint density at radius 1 is 1.64 bits per heavy atom. The van der Waals surface area contributed by atoms with Gasteiger partial charge in [0.1, 0.15) is 6.73 Å². The van der Waals surface area contributed by atoms with Crippen LogP contribution in [0.2, 0.25) is 0 Å². The minimum Gasteiger partial charge on any atom is -0.463 e. The van der Waals surface area contributed by atoms with Crippen LogP contribution in [0.25, 0.3) is 0 Å². The summed E-state index contributed by atoms with van der Waals surface area (Å²) in [5.74, 6) is -0.684. The summed E-state index contributed by atoms with van der Waals surface area (Å²) < 4.78 is 18.0. The average molecular weight is 201 g/mol. The van der Waals surface area contributed by atoms with Gasteiger partial charge in [0.15, 0.2) is 11.6 Å². The van der Waals surface area contributed by atoms with E-state index in [1.54, 1.807) is 0 Å². The van der Waals surface area contributed by atoms with Gasteiger partial charge in [-0.2, -0.15) is 4.98 Å². The molecule has 0 saturated carbocycles. The molecule has 5 nitrogen and oxygen atoms in total. The first-order chi connectivity index (χ1) is 6.77. The summed E-state index contributed by atoms with van der Waals surface area (Å²) in [5, 5.41) is 10.9. The number of nitrogens with one attached hydrogen (secondary N) is 1. The fourth-order valence-electron chi connectivity index (χ4n) is 0.813. The summed E-state index contributed by atoms with van der Waals surface area (Å²) in [6.45, 7) is 2.03. The Morgan fingerprint density at radius 3 is 3.07 bits per heavy atom. The predicted molar refractivity (Wildman–Crippen MR) is 48.5 cm³/mol. The van der Waals surface area contributed by atoms with Crippen LogP contribution in [0, 0.1) is 5.82 Å². The van der Waals surface area contributed by atoms with E-state index in [-0.39, 0.29) is 18.6 Å². The first-order valence-corrected chi connectivity index (χ1v) is 4.28. The van der Waals surface area contributed by atoms with E-state index in [0.29, 0.717) is 6.61 Å². The average Bonchev–Trinajstić information content (AvgIpc) is 2.19. The molecule has 0 aromatic carbocycles. The van der Waals surface area contributed by atoms with Crippen LogP contribution in [-0.2, 0) is 0 Å². The molecule has 14 heavy (non-hydrogen) atoms. The SMILES string of the molecule is CCCOc1ncc(F)c(NCO)n1. The van der Waals surface area contributed by atoms with Crippen LogP contribution >= 0.6 is 0 Å². The number of anilines is 1. The zero-order valence-corrected chi connectivity index (χ0v) is 7.83. The number of aromatic nitrogens is 2. The monoisotopic (exact) mass is 201 g/mol. The van der Waals surface area contributed by atoms with Crippen molar-refractivity contribution in [3.8, 4) is 6.01 Å². The molecule has 0 bridgehead atoms. The molecule has 1 aromatic heterocycles. The lowest BCUT2D eigenvalue weighted by atomic mass is 10.5. The van der Waals surface area contributed by atoms with Gasteiger partial charge in [-0.15, -0.1) is 0 Å². The number of halogens is 1. The molecular formula is C8H12FN3O2. The van der Waals surface area contributed by atoms with Crippen LogP contribution < -0.4 is 10.1 Å². The van der Waals surface area contributed by atoms with Crippen molar-refractivity contribution >= 4 is 5.82 Å². The molecule has 78 valence electrons. The van der Waals surface area contributed by atoms with Crippen LogP contribution in [0.4, 0.5) is 10.2 Å². The van der Waals surface area contributed by atoms with Gasteiger partial charge in [0.25, 0.3) is 0 Å². The van der Waals surface area contributed by atoms with Crippen LogP contribution in [0.3, 0.4) is 0 Å². The van der Waals surface area contributed by atoms with Gasteiger partial charge >= 0.3 is 6.01 Å². The molecule has 0 aliphatic rings.